The third-order valence-corrected chi connectivity index (χ3v) is 12.7. The van der Waals surface area contributed by atoms with Crippen molar-refractivity contribution < 1.29 is 18.5 Å². The van der Waals surface area contributed by atoms with Gasteiger partial charge in [-0.05, 0) is 34.5 Å². The second-order valence-corrected chi connectivity index (χ2v) is 15.1. The van der Waals surface area contributed by atoms with Crippen LogP contribution in [0.5, 0.6) is 23.0 Å². The van der Waals surface area contributed by atoms with Crippen LogP contribution in [0.3, 0.4) is 0 Å². The summed E-state index contributed by atoms with van der Waals surface area (Å²) in [5.41, 5.74) is 3.23. The van der Waals surface area contributed by atoms with E-state index in [9.17, 15) is 0 Å². The molecule has 0 unspecified atom stereocenters. The quantitative estimate of drug-likeness (QED) is 0.178. The van der Waals surface area contributed by atoms with Gasteiger partial charge in [-0.2, -0.15) is 0 Å². The highest BCUT2D eigenvalue weighted by Gasteiger charge is 2.33. The fourth-order valence-corrected chi connectivity index (χ4v) is 10.1. The average molecular weight is 651 g/mol. The number of para-hydroxylation sites is 2. The SMILES string of the molecule is O=P(c1ccccc1)(c1ccccc1)c1cccc2c1oc1c(-c3cc4c(c5ccccc35)Oc3ccc5ccccc5c3O4)cccc12. The molecule has 0 N–H and O–H groups in total. The standard InChI is InChI=1S/C44H27O4P/c45-49(29-14-3-1-4-15-29,30-16-5-2-6-17-30)40-24-12-23-35-34-21-11-22-36(41(34)48-44(35)40)37-27-39-43(33-20-10-9-19-32(33)37)46-38-26-25-28-13-7-8-18-31(28)42(38)47-39/h1-27H. The monoisotopic (exact) mass is 650 g/mol. The van der Waals surface area contributed by atoms with Crippen molar-refractivity contribution in [1.82, 2.24) is 0 Å². The van der Waals surface area contributed by atoms with E-state index in [2.05, 4.69) is 60.7 Å². The van der Waals surface area contributed by atoms with Crippen LogP contribution in [-0.4, -0.2) is 0 Å². The molecule has 1 aliphatic rings. The largest absolute Gasteiger partial charge is 0.455 e. The Morgan fingerprint density at radius 3 is 1.73 bits per heavy atom. The van der Waals surface area contributed by atoms with Crippen LogP contribution in [0.2, 0.25) is 0 Å². The first-order valence-corrected chi connectivity index (χ1v) is 18.0. The second kappa shape index (κ2) is 10.7. The molecule has 0 fully saturated rings. The van der Waals surface area contributed by atoms with Crippen molar-refractivity contribution >= 4 is 66.5 Å². The first-order valence-electron chi connectivity index (χ1n) is 16.3. The van der Waals surface area contributed by atoms with Crippen LogP contribution in [0.4, 0.5) is 0 Å². The topological polar surface area (TPSA) is 48.7 Å². The van der Waals surface area contributed by atoms with Gasteiger partial charge in [0.25, 0.3) is 0 Å². The zero-order valence-corrected chi connectivity index (χ0v) is 27.1. The summed E-state index contributed by atoms with van der Waals surface area (Å²) in [4.78, 5) is 0. The summed E-state index contributed by atoms with van der Waals surface area (Å²) in [6.45, 7) is 0. The van der Waals surface area contributed by atoms with Crippen LogP contribution in [0.1, 0.15) is 0 Å². The van der Waals surface area contributed by atoms with Gasteiger partial charge in [0.15, 0.2) is 30.1 Å². The Morgan fingerprint density at radius 1 is 0.408 bits per heavy atom. The van der Waals surface area contributed by atoms with E-state index in [4.69, 9.17) is 13.9 Å². The summed E-state index contributed by atoms with van der Waals surface area (Å²) in [7, 11) is -3.30. The van der Waals surface area contributed by atoms with Crippen LogP contribution in [-0.2, 0) is 4.57 Å². The fraction of sp³-hybridized carbons (Fsp3) is 0. The van der Waals surface area contributed by atoms with Crippen molar-refractivity contribution in [2.45, 2.75) is 0 Å². The van der Waals surface area contributed by atoms with E-state index in [0.717, 1.165) is 59.6 Å². The van der Waals surface area contributed by atoms with Crippen LogP contribution >= 0.6 is 7.14 Å². The first-order chi connectivity index (χ1) is 24.2. The Morgan fingerprint density at radius 2 is 0.980 bits per heavy atom. The van der Waals surface area contributed by atoms with Crippen molar-refractivity contribution in [2.75, 3.05) is 0 Å². The summed E-state index contributed by atoms with van der Waals surface area (Å²) in [5.74, 6) is 2.73. The summed E-state index contributed by atoms with van der Waals surface area (Å²) in [6, 6.07) is 54.2. The summed E-state index contributed by atoms with van der Waals surface area (Å²) < 4.78 is 35.7. The first kappa shape index (κ1) is 28.0. The predicted octanol–water partition coefficient (Wildman–Crippen LogP) is 11.1. The molecule has 5 heteroatoms. The van der Waals surface area contributed by atoms with Gasteiger partial charge in [0, 0.05) is 37.7 Å². The van der Waals surface area contributed by atoms with Crippen LogP contribution < -0.4 is 25.4 Å². The molecule has 0 spiro atoms. The van der Waals surface area contributed by atoms with E-state index in [1.165, 1.54) is 0 Å². The maximum absolute atomic E-state index is 15.5. The minimum Gasteiger partial charge on any atom is -0.455 e. The maximum atomic E-state index is 15.5. The van der Waals surface area contributed by atoms with Gasteiger partial charge in [-0.3, -0.25) is 0 Å². The molecule has 232 valence electrons. The van der Waals surface area contributed by atoms with Gasteiger partial charge in [0.2, 0.25) is 0 Å². The highest BCUT2D eigenvalue weighted by molar-refractivity contribution is 7.85. The van der Waals surface area contributed by atoms with Crippen molar-refractivity contribution in [2.24, 2.45) is 0 Å². The van der Waals surface area contributed by atoms with Gasteiger partial charge in [0.1, 0.15) is 11.2 Å². The molecule has 0 radical (unpaired) electrons. The Kier molecular flexibility index (Phi) is 6.12. The molecule has 0 bridgehead atoms. The number of rotatable bonds is 4. The van der Waals surface area contributed by atoms with E-state index in [0.29, 0.717) is 33.9 Å². The van der Waals surface area contributed by atoms with Gasteiger partial charge in [-0.15, -0.1) is 0 Å². The zero-order valence-electron chi connectivity index (χ0n) is 26.2. The normalized spacial score (nSPS) is 12.5. The number of hydrogen-bond acceptors (Lipinski definition) is 4. The van der Waals surface area contributed by atoms with Crippen LogP contribution in [0, 0.1) is 0 Å². The van der Waals surface area contributed by atoms with Gasteiger partial charge < -0.3 is 18.5 Å². The van der Waals surface area contributed by atoms with Crippen molar-refractivity contribution in [3.8, 4) is 34.1 Å². The van der Waals surface area contributed by atoms with E-state index in [1.54, 1.807) is 0 Å². The van der Waals surface area contributed by atoms with Crippen LogP contribution in [0.15, 0.2) is 168 Å². The van der Waals surface area contributed by atoms with Crippen molar-refractivity contribution in [3.05, 3.63) is 164 Å². The van der Waals surface area contributed by atoms with E-state index in [-0.39, 0.29) is 0 Å². The number of ether oxygens (including phenoxy) is 2. The molecular weight excluding hydrogens is 623 g/mol. The number of fused-ring (bicyclic) bond motifs is 9. The van der Waals surface area contributed by atoms with Crippen molar-refractivity contribution in [1.29, 1.82) is 0 Å². The second-order valence-electron chi connectivity index (χ2n) is 12.3. The smallest absolute Gasteiger partial charge is 0.177 e. The fourth-order valence-electron chi connectivity index (χ4n) is 7.32. The maximum Gasteiger partial charge on any atom is 0.177 e. The molecule has 8 aromatic carbocycles. The summed E-state index contributed by atoms with van der Waals surface area (Å²) >= 11 is 0. The molecule has 2 heterocycles. The Hall–Kier alpha value is -6.09. The number of furan rings is 1. The lowest BCUT2D eigenvalue weighted by molar-refractivity contribution is 0.367. The molecular formula is C44H27O4P. The average Bonchev–Trinajstić information content (AvgIpc) is 3.56. The van der Waals surface area contributed by atoms with Gasteiger partial charge in [-0.25, -0.2) is 0 Å². The van der Waals surface area contributed by atoms with Gasteiger partial charge in [-0.1, -0.05) is 146 Å². The molecule has 0 amide bonds. The lowest BCUT2D eigenvalue weighted by atomic mass is 9.95. The minimum absolute atomic E-state index is 0.628. The molecule has 1 aliphatic heterocycles. The Bertz CT molecular complexity index is 2760. The summed E-state index contributed by atoms with van der Waals surface area (Å²) in [6.07, 6.45) is 0. The molecule has 9 aromatic rings. The van der Waals surface area contributed by atoms with E-state index < -0.39 is 7.14 Å². The molecule has 4 nitrogen and oxygen atoms in total. The third-order valence-electron chi connectivity index (χ3n) is 9.60. The Labute approximate surface area is 282 Å². The lowest BCUT2D eigenvalue weighted by Crippen LogP contribution is -2.25. The van der Waals surface area contributed by atoms with Gasteiger partial charge >= 0.3 is 0 Å². The predicted molar refractivity (Wildman–Crippen MR) is 200 cm³/mol. The van der Waals surface area contributed by atoms with E-state index >= 15 is 4.57 Å². The Balaban J connectivity index is 1.22. The number of hydrogen-bond donors (Lipinski definition) is 0. The molecule has 0 saturated heterocycles. The van der Waals surface area contributed by atoms with Crippen LogP contribution in [0.25, 0.3) is 54.6 Å². The summed E-state index contributed by atoms with van der Waals surface area (Å²) in [5, 5.41) is 8.12. The molecule has 10 rings (SSSR count). The highest BCUT2D eigenvalue weighted by atomic mass is 31.2. The van der Waals surface area contributed by atoms with Gasteiger partial charge in [0.05, 0.1) is 5.30 Å². The molecule has 0 aliphatic carbocycles. The third kappa shape index (κ3) is 4.14. The molecule has 1 aromatic heterocycles. The minimum atomic E-state index is -3.30. The lowest BCUT2D eigenvalue weighted by Gasteiger charge is -2.24. The molecule has 0 atom stereocenters. The highest BCUT2D eigenvalue weighted by Crippen LogP contribution is 2.54. The zero-order chi connectivity index (χ0) is 32.5. The van der Waals surface area contributed by atoms with Crippen molar-refractivity contribution in [3.63, 3.8) is 0 Å². The molecule has 49 heavy (non-hydrogen) atoms. The number of benzene rings is 8. The molecule has 0 saturated carbocycles. The van der Waals surface area contributed by atoms with E-state index in [1.807, 2.05) is 103 Å².